The predicted octanol–water partition coefficient (Wildman–Crippen LogP) is 2.88. The molecule has 1 aliphatic carbocycles. The molecule has 0 spiro atoms. The minimum Gasteiger partial charge on any atom is -0.493 e. The fourth-order valence-corrected chi connectivity index (χ4v) is 4.75. The fraction of sp³-hybridized carbons (Fsp3) is 0.381. The first kappa shape index (κ1) is 22.4. The molecule has 2 N–H and O–H groups in total. The Morgan fingerprint density at radius 3 is 2.29 bits per heavy atom. The summed E-state index contributed by atoms with van der Waals surface area (Å²) in [4.78, 5) is 38.1. The molecule has 166 valence electrons. The molecule has 1 aromatic heterocycles. The molecule has 1 aliphatic rings. The van der Waals surface area contributed by atoms with Crippen LogP contribution in [0.25, 0.3) is 0 Å². The number of hydrogen-bond donors (Lipinski definition) is 2. The number of aryl methyl sites for hydroxylation is 1. The third-order valence-corrected chi connectivity index (χ3v) is 6.14. The first-order valence-electron chi connectivity index (χ1n) is 9.54. The maximum Gasteiger partial charge on any atom is 0.341 e. The van der Waals surface area contributed by atoms with Gasteiger partial charge in [0.25, 0.3) is 0 Å². The average Bonchev–Trinajstić information content (AvgIpc) is 3.36. The van der Waals surface area contributed by atoms with E-state index < -0.39 is 11.9 Å². The van der Waals surface area contributed by atoms with Crippen molar-refractivity contribution in [1.82, 2.24) is 0 Å². The van der Waals surface area contributed by atoms with Gasteiger partial charge in [-0.1, -0.05) is 0 Å². The van der Waals surface area contributed by atoms with Gasteiger partial charge in [-0.3, -0.25) is 4.79 Å². The van der Waals surface area contributed by atoms with Crippen LogP contribution in [0.15, 0.2) is 12.1 Å². The van der Waals surface area contributed by atoms with Gasteiger partial charge in [-0.2, -0.15) is 0 Å². The molecule has 1 amide bonds. The molecule has 9 nitrogen and oxygen atoms in total. The second-order valence-corrected chi connectivity index (χ2v) is 7.80. The van der Waals surface area contributed by atoms with Crippen LogP contribution in [0.5, 0.6) is 11.5 Å². The van der Waals surface area contributed by atoms with Gasteiger partial charge in [-0.05, 0) is 24.8 Å². The molecule has 0 saturated heterocycles. The van der Waals surface area contributed by atoms with Crippen LogP contribution in [-0.4, -0.2) is 52.8 Å². The summed E-state index contributed by atoms with van der Waals surface area (Å²) in [7, 11) is 5.51. The predicted molar refractivity (Wildman–Crippen MR) is 116 cm³/mol. The minimum absolute atomic E-state index is 0.150. The molecule has 0 saturated carbocycles. The monoisotopic (exact) mass is 448 g/mol. The van der Waals surface area contributed by atoms with Gasteiger partial charge in [0, 0.05) is 17.0 Å². The van der Waals surface area contributed by atoms with Crippen LogP contribution in [0, 0.1) is 0 Å². The second kappa shape index (κ2) is 9.69. The lowest BCUT2D eigenvalue weighted by atomic mass is 10.1. The van der Waals surface area contributed by atoms with Crippen molar-refractivity contribution in [3.8, 4) is 11.5 Å². The van der Waals surface area contributed by atoms with E-state index in [0.717, 1.165) is 29.7 Å². The molecule has 0 radical (unpaired) electrons. The van der Waals surface area contributed by atoms with Gasteiger partial charge in [0.1, 0.15) is 5.00 Å². The number of amides is 1. The molecule has 0 aliphatic heterocycles. The fourth-order valence-electron chi connectivity index (χ4n) is 3.46. The summed E-state index contributed by atoms with van der Waals surface area (Å²) < 4.78 is 20.2. The van der Waals surface area contributed by atoms with Crippen molar-refractivity contribution in [2.45, 2.75) is 19.3 Å². The highest BCUT2D eigenvalue weighted by atomic mass is 32.1. The lowest BCUT2D eigenvalue weighted by molar-refractivity contribution is -0.114. The Morgan fingerprint density at radius 1 is 0.968 bits per heavy atom. The lowest BCUT2D eigenvalue weighted by Crippen LogP contribution is -2.23. The molecule has 10 heteroatoms. The SMILES string of the molecule is COC(=O)c1cc(OC)c(OC)cc1NCC(=O)Nc1sc2c(c1C(=O)OC)CCC2. The Morgan fingerprint density at radius 2 is 1.65 bits per heavy atom. The van der Waals surface area contributed by atoms with Crippen molar-refractivity contribution in [2.24, 2.45) is 0 Å². The molecule has 1 aromatic carbocycles. The van der Waals surface area contributed by atoms with Crippen molar-refractivity contribution < 1.29 is 33.3 Å². The standard InChI is InChI=1S/C21H24N2O7S/c1-27-14-8-12(20(25)29-3)13(9-15(14)28-2)22-10-17(24)23-19-18(21(26)30-4)11-6-5-7-16(11)31-19/h8-9,22H,5-7,10H2,1-4H3,(H,23,24). The number of hydrogen-bond acceptors (Lipinski definition) is 9. The summed E-state index contributed by atoms with van der Waals surface area (Å²) >= 11 is 1.39. The highest BCUT2D eigenvalue weighted by Crippen LogP contribution is 2.39. The van der Waals surface area contributed by atoms with Crippen LogP contribution in [0.2, 0.25) is 0 Å². The summed E-state index contributed by atoms with van der Waals surface area (Å²) in [6.07, 6.45) is 2.65. The number of anilines is 2. The summed E-state index contributed by atoms with van der Waals surface area (Å²) in [5.41, 5.74) is 1.92. The molecule has 0 fully saturated rings. The van der Waals surface area contributed by atoms with Crippen LogP contribution in [0.1, 0.15) is 37.6 Å². The summed E-state index contributed by atoms with van der Waals surface area (Å²) in [6.45, 7) is -0.150. The van der Waals surface area contributed by atoms with E-state index in [-0.39, 0.29) is 18.0 Å². The molecule has 3 rings (SSSR count). The molecular formula is C21H24N2O7S. The molecule has 2 aromatic rings. The van der Waals surface area contributed by atoms with Gasteiger partial charge in [0.05, 0.1) is 51.8 Å². The number of benzene rings is 1. The lowest BCUT2D eigenvalue weighted by Gasteiger charge is -2.15. The van der Waals surface area contributed by atoms with Crippen molar-refractivity contribution >= 4 is 39.9 Å². The number of rotatable bonds is 8. The molecule has 0 bridgehead atoms. The number of ether oxygens (including phenoxy) is 4. The van der Waals surface area contributed by atoms with Crippen molar-refractivity contribution in [2.75, 3.05) is 45.6 Å². The Bertz CT molecular complexity index is 1020. The van der Waals surface area contributed by atoms with E-state index in [0.29, 0.717) is 27.8 Å². The highest BCUT2D eigenvalue weighted by molar-refractivity contribution is 7.17. The van der Waals surface area contributed by atoms with Crippen molar-refractivity contribution in [3.63, 3.8) is 0 Å². The Balaban J connectivity index is 1.79. The van der Waals surface area contributed by atoms with E-state index in [2.05, 4.69) is 10.6 Å². The Hall–Kier alpha value is -3.27. The molecule has 0 atom stereocenters. The summed E-state index contributed by atoms with van der Waals surface area (Å²) in [6, 6.07) is 3.03. The first-order valence-corrected chi connectivity index (χ1v) is 10.4. The maximum atomic E-state index is 12.6. The third kappa shape index (κ3) is 4.58. The number of thiophene rings is 1. The van der Waals surface area contributed by atoms with Crippen LogP contribution < -0.4 is 20.1 Å². The normalized spacial score (nSPS) is 12.0. The van der Waals surface area contributed by atoms with Crippen LogP contribution >= 0.6 is 11.3 Å². The zero-order valence-corrected chi connectivity index (χ0v) is 18.6. The van der Waals surface area contributed by atoms with Gasteiger partial charge < -0.3 is 29.6 Å². The third-order valence-electron chi connectivity index (χ3n) is 4.93. The van der Waals surface area contributed by atoms with Crippen molar-refractivity contribution in [3.05, 3.63) is 33.7 Å². The van der Waals surface area contributed by atoms with Gasteiger partial charge in [0.2, 0.25) is 5.91 Å². The van der Waals surface area contributed by atoms with E-state index >= 15 is 0 Å². The molecule has 31 heavy (non-hydrogen) atoms. The van der Waals surface area contributed by atoms with Crippen LogP contribution in [0.3, 0.4) is 0 Å². The number of fused-ring (bicyclic) bond motifs is 1. The van der Waals surface area contributed by atoms with E-state index in [1.54, 1.807) is 6.07 Å². The van der Waals surface area contributed by atoms with E-state index in [1.165, 1.54) is 45.8 Å². The van der Waals surface area contributed by atoms with Gasteiger partial charge in [-0.25, -0.2) is 9.59 Å². The largest absolute Gasteiger partial charge is 0.493 e. The Labute approximate surface area is 183 Å². The quantitative estimate of drug-likeness (QED) is 0.593. The molecule has 1 heterocycles. The number of carbonyl (C=O) groups is 3. The first-order chi connectivity index (χ1) is 14.9. The minimum atomic E-state index is -0.591. The second-order valence-electron chi connectivity index (χ2n) is 6.70. The van der Waals surface area contributed by atoms with Gasteiger partial charge >= 0.3 is 11.9 Å². The summed E-state index contributed by atoms with van der Waals surface area (Å²) in [5, 5.41) is 6.19. The van der Waals surface area contributed by atoms with Crippen molar-refractivity contribution in [1.29, 1.82) is 0 Å². The van der Waals surface area contributed by atoms with Gasteiger partial charge in [0.15, 0.2) is 11.5 Å². The zero-order chi connectivity index (χ0) is 22.5. The number of nitrogens with one attached hydrogen (secondary N) is 2. The average molecular weight is 448 g/mol. The number of esters is 2. The summed E-state index contributed by atoms with van der Waals surface area (Å²) in [5.74, 6) is -0.688. The van der Waals surface area contributed by atoms with Gasteiger partial charge in [-0.15, -0.1) is 11.3 Å². The highest BCUT2D eigenvalue weighted by Gasteiger charge is 2.28. The van der Waals surface area contributed by atoms with E-state index in [1.807, 2.05) is 0 Å². The number of methoxy groups -OCH3 is 4. The van der Waals surface area contributed by atoms with Crippen LogP contribution in [-0.2, 0) is 27.1 Å². The van der Waals surface area contributed by atoms with E-state index in [4.69, 9.17) is 18.9 Å². The number of carbonyl (C=O) groups excluding carboxylic acids is 3. The smallest absolute Gasteiger partial charge is 0.341 e. The molecule has 0 unspecified atom stereocenters. The Kier molecular flexibility index (Phi) is 7.01. The van der Waals surface area contributed by atoms with E-state index in [9.17, 15) is 14.4 Å². The van der Waals surface area contributed by atoms with Crippen LogP contribution in [0.4, 0.5) is 10.7 Å². The zero-order valence-electron chi connectivity index (χ0n) is 17.7. The topological polar surface area (TPSA) is 112 Å². The molecular weight excluding hydrogens is 424 g/mol. The maximum absolute atomic E-state index is 12.6.